The number of rotatable bonds is 3. The predicted molar refractivity (Wildman–Crippen MR) is 83.0 cm³/mol. The van der Waals surface area contributed by atoms with Crippen molar-refractivity contribution in [3.8, 4) is 23.0 Å². The Kier molecular flexibility index (Phi) is 3.34. The van der Waals surface area contributed by atoms with Gasteiger partial charge in [-0.05, 0) is 18.2 Å². The van der Waals surface area contributed by atoms with Gasteiger partial charge in [0, 0.05) is 31.5 Å². The summed E-state index contributed by atoms with van der Waals surface area (Å²) in [6.07, 6.45) is 3.46. The smallest absolute Gasteiger partial charge is 0.165 e. The molecule has 0 aliphatic carbocycles. The van der Waals surface area contributed by atoms with Gasteiger partial charge in [0.05, 0.1) is 25.0 Å². The predicted octanol–water partition coefficient (Wildman–Crippen LogP) is 1.99. The van der Waals surface area contributed by atoms with Gasteiger partial charge in [-0.1, -0.05) is 0 Å². The van der Waals surface area contributed by atoms with Crippen LogP contribution in [-0.4, -0.2) is 33.0 Å². The third kappa shape index (κ3) is 2.39. The molecule has 0 bridgehead atoms. The van der Waals surface area contributed by atoms with E-state index < -0.39 is 0 Å². The lowest BCUT2D eigenvalue weighted by atomic mass is 10.2. The average molecular weight is 313 g/mol. The van der Waals surface area contributed by atoms with Gasteiger partial charge in [-0.3, -0.25) is 9.25 Å². The van der Waals surface area contributed by atoms with E-state index >= 15 is 0 Å². The second-order valence-corrected chi connectivity index (χ2v) is 5.36. The lowest BCUT2D eigenvalue weighted by Gasteiger charge is -2.13. The van der Waals surface area contributed by atoms with Crippen molar-refractivity contribution in [2.75, 3.05) is 13.7 Å². The first-order valence-corrected chi connectivity index (χ1v) is 7.41. The molecule has 0 spiro atoms. The van der Waals surface area contributed by atoms with Crippen molar-refractivity contribution in [3.63, 3.8) is 0 Å². The number of nitrogens with one attached hydrogen (secondary N) is 1. The number of imidazole rings is 1. The molecule has 0 saturated carbocycles. The maximum Gasteiger partial charge on any atom is 0.165 e. The quantitative estimate of drug-likeness (QED) is 0.803. The fourth-order valence-corrected chi connectivity index (χ4v) is 2.84. The molecular formula is C16H16FN5O. The molecule has 2 aromatic heterocycles. The molecule has 0 unspecified atom stereocenters. The highest BCUT2D eigenvalue weighted by molar-refractivity contribution is 5.58. The number of hydrogen-bond acceptors (Lipinski definition) is 4. The summed E-state index contributed by atoms with van der Waals surface area (Å²) < 4.78 is 22.8. The third-order valence-corrected chi connectivity index (χ3v) is 3.94. The number of fused-ring (bicyclic) bond motifs is 1. The number of benzene rings is 1. The summed E-state index contributed by atoms with van der Waals surface area (Å²) in [5.74, 6) is 0.917. The standard InChI is InChI=1S/C16H16FN5O/c1-23-15-3-2-11(17)8-14(15)21-6-5-19-16(21)13-9-12-10-18-4-7-22(12)20-13/h2-3,5-6,8-9,18H,4,7,10H2,1H3. The van der Waals surface area contributed by atoms with E-state index in [-0.39, 0.29) is 5.82 Å². The van der Waals surface area contributed by atoms with E-state index in [0.29, 0.717) is 17.3 Å². The molecule has 0 atom stereocenters. The van der Waals surface area contributed by atoms with E-state index in [1.54, 1.807) is 30.1 Å². The zero-order chi connectivity index (χ0) is 15.8. The van der Waals surface area contributed by atoms with Crippen molar-refractivity contribution in [2.45, 2.75) is 13.1 Å². The van der Waals surface area contributed by atoms with E-state index in [0.717, 1.165) is 31.0 Å². The molecule has 23 heavy (non-hydrogen) atoms. The lowest BCUT2D eigenvalue weighted by Crippen LogP contribution is -2.28. The third-order valence-electron chi connectivity index (χ3n) is 3.94. The van der Waals surface area contributed by atoms with Crippen molar-refractivity contribution in [1.29, 1.82) is 0 Å². The fourth-order valence-electron chi connectivity index (χ4n) is 2.84. The normalized spacial score (nSPS) is 13.8. The SMILES string of the molecule is COc1ccc(F)cc1-n1ccnc1-c1cc2n(n1)CCNC2. The Morgan fingerprint density at radius 1 is 1.30 bits per heavy atom. The Hall–Kier alpha value is -2.67. The molecule has 1 N–H and O–H groups in total. The van der Waals surface area contributed by atoms with Gasteiger partial charge in [0.1, 0.15) is 17.3 Å². The van der Waals surface area contributed by atoms with Crippen LogP contribution in [0.1, 0.15) is 5.69 Å². The van der Waals surface area contributed by atoms with Crippen molar-refractivity contribution < 1.29 is 9.13 Å². The van der Waals surface area contributed by atoms with Gasteiger partial charge in [0.25, 0.3) is 0 Å². The number of ether oxygens (including phenoxy) is 1. The summed E-state index contributed by atoms with van der Waals surface area (Å²) in [4.78, 5) is 4.40. The first-order chi connectivity index (χ1) is 11.3. The molecular weight excluding hydrogens is 297 g/mol. The molecule has 6 nitrogen and oxygen atoms in total. The molecule has 1 aliphatic rings. The highest BCUT2D eigenvalue weighted by Crippen LogP contribution is 2.28. The highest BCUT2D eigenvalue weighted by Gasteiger charge is 2.18. The van der Waals surface area contributed by atoms with Crippen LogP contribution in [0.25, 0.3) is 17.2 Å². The highest BCUT2D eigenvalue weighted by atomic mass is 19.1. The van der Waals surface area contributed by atoms with Crippen LogP contribution in [-0.2, 0) is 13.1 Å². The number of nitrogens with zero attached hydrogens (tertiary/aromatic N) is 4. The van der Waals surface area contributed by atoms with Gasteiger partial charge < -0.3 is 10.1 Å². The molecule has 3 aromatic rings. The van der Waals surface area contributed by atoms with Crippen molar-refractivity contribution >= 4 is 0 Å². The van der Waals surface area contributed by atoms with E-state index in [9.17, 15) is 4.39 Å². The largest absolute Gasteiger partial charge is 0.495 e. The van der Waals surface area contributed by atoms with E-state index in [4.69, 9.17) is 4.74 Å². The number of aromatic nitrogens is 4. The summed E-state index contributed by atoms with van der Waals surface area (Å²) in [7, 11) is 1.56. The second kappa shape index (κ2) is 5.51. The summed E-state index contributed by atoms with van der Waals surface area (Å²) >= 11 is 0. The van der Waals surface area contributed by atoms with Gasteiger partial charge in [-0.2, -0.15) is 5.10 Å². The van der Waals surface area contributed by atoms with Crippen molar-refractivity contribution in [3.05, 3.63) is 48.2 Å². The van der Waals surface area contributed by atoms with E-state index in [2.05, 4.69) is 15.4 Å². The van der Waals surface area contributed by atoms with Gasteiger partial charge >= 0.3 is 0 Å². The van der Waals surface area contributed by atoms with Crippen molar-refractivity contribution in [2.24, 2.45) is 0 Å². The van der Waals surface area contributed by atoms with Gasteiger partial charge in [0.2, 0.25) is 0 Å². The number of methoxy groups -OCH3 is 1. The van der Waals surface area contributed by atoms with Crippen LogP contribution in [0.5, 0.6) is 5.75 Å². The van der Waals surface area contributed by atoms with Crippen LogP contribution in [0, 0.1) is 5.82 Å². The molecule has 1 aliphatic heterocycles. The zero-order valence-electron chi connectivity index (χ0n) is 12.7. The first-order valence-electron chi connectivity index (χ1n) is 7.41. The van der Waals surface area contributed by atoms with Crippen molar-refractivity contribution in [1.82, 2.24) is 24.6 Å². The minimum Gasteiger partial charge on any atom is -0.495 e. The topological polar surface area (TPSA) is 56.9 Å². The molecule has 4 rings (SSSR count). The minimum absolute atomic E-state index is 0.325. The van der Waals surface area contributed by atoms with Crippen LogP contribution >= 0.6 is 0 Å². The molecule has 3 heterocycles. The van der Waals surface area contributed by atoms with Gasteiger partial charge in [-0.25, -0.2) is 9.37 Å². The Morgan fingerprint density at radius 3 is 3.04 bits per heavy atom. The molecule has 0 saturated heterocycles. The maximum atomic E-state index is 13.7. The van der Waals surface area contributed by atoms with Crippen LogP contribution in [0.2, 0.25) is 0 Å². The monoisotopic (exact) mass is 313 g/mol. The fraction of sp³-hybridized carbons (Fsp3) is 0.250. The summed E-state index contributed by atoms with van der Waals surface area (Å²) in [5, 5.41) is 7.93. The van der Waals surface area contributed by atoms with Gasteiger partial charge in [-0.15, -0.1) is 0 Å². The second-order valence-electron chi connectivity index (χ2n) is 5.36. The van der Waals surface area contributed by atoms with E-state index in [1.165, 1.54) is 12.1 Å². The van der Waals surface area contributed by atoms with Gasteiger partial charge in [0.15, 0.2) is 5.82 Å². The zero-order valence-corrected chi connectivity index (χ0v) is 12.7. The van der Waals surface area contributed by atoms with Crippen LogP contribution in [0.4, 0.5) is 4.39 Å². The molecule has 0 fully saturated rings. The maximum absolute atomic E-state index is 13.7. The lowest BCUT2D eigenvalue weighted by molar-refractivity contribution is 0.411. The molecule has 0 amide bonds. The molecule has 118 valence electrons. The van der Waals surface area contributed by atoms with Crippen LogP contribution in [0.15, 0.2) is 36.7 Å². The summed E-state index contributed by atoms with van der Waals surface area (Å²) in [6, 6.07) is 6.43. The summed E-state index contributed by atoms with van der Waals surface area (Å²) in [6.45, 7) is 2.52. The number of halogens is 1. The minimum atomic E-state index is -0.325. The Morgan fingerprint density at radius 2 is 2.22 bits per heavy atom. The average Bonchev–Trinajstić information content (AvgIpc) is 3.21. The Balaban J connectivity index is 1.83. The Bertz CT molecular complexity index is 831. The molecule has 7 heteroatoms. The Labute approximate surface area is 132 Å². The van der Waals surface area contributed by atoms with E-state index in [1.807, 2.05) is 10.7 Å². The molecule has 0 radical (unpaired) electrons. The summed E-state index contributed by atoms with van der Waals surface area (Å²) in [5.41, 5.74) is 2.48. The van der Waals surface area contributed by atoms with Crippen LogP contribution < -0.4 is 10.1 Å². The van der Waals surface area contributed by atoms with Crippen LogP contribution in [0.3, 0.4) is 0 Å². The number of hydrogen-bond donors (Lipinski definition) is 1. The first kappa shape index (κ1) is 14.0. The molecule has 1 aromatic carbocycles.